The second-order valence-electron chi connectivity index (χ2n) is 4.61. The lowest BCUT2D eigenvalue weighted by atomic mass is 10.2. The molecule has 1 aliphatic rings. The van der Waals surface area contributed by atoms with Crippen molar-refractivity contribution < 1.29 is 14.0 Å². The summed E-state index contributed by atoms with van der Waals surface area (Å²) in [4.78, 5) is 4.31. The molecule has 2 heterocycles. The number of benzene rings is 1. The molecule has 6 heteroatoms. The first kappa shape index (κ1) is 13.1. The molecule has 0 bridgehead atoms. The van der Waals surface area contributed by atoms with E-state index in [1.807, 2.05) is 30.3 Å². The Balaban J connectivity index is 1.51. The van der Waals surface area contributed by atoms with Crippen LogP contribution in [0, 0.1) is 0 Å². The SMILES string of the molecule is c1ccc(OCc2noc(CC3CNCCO3)n2)cc1. The first-order chi connectivity index (χ1) is 9.90. The van der Waals surface area contributed by atoms with Crippen LogP contribution >= 0.6 is 0 Å². The van der Waals surface area contributed by atoms with Gasteiger partial charge in [-0.05, 0) is 12.1 Å². The maximum absolute atomic E-state index is 5.60. The molecule has 2 aromatic rings. The van der Waals surface area contributed by atoms with Gasteiger partial charge in [0.2, 0.25) is 11.7 Å². The molecule has 0 spiro atoms. The molecule has 0 amide bonds. The van der Waals surface area contributed by atoms with Gasteiger partial charge in [-0.1, -0.05) is 23.4 Å². The van der Waals surface area contributed by atoms with E-state index in [0.29, 0.717) is 24.7 Å². The van der Waals surface area contributed by atoms with Gasteiger partial charge in [0.05, 0.1) is 19.1 Å². The van der Waals surface area contributed by atoms with Crippen molar-refractivity contribution in [2.45, 2.75) is 19.1 Å². The highest BCUT2D eigenvalue weighted by Gasteiger charge is 2.17. The number of morpholine rings is 1. The summed E-state index contributed by atoms with van der Waals surface area (Å²) < 4.78 is 16.4. The normalized spacial score (nSPS) is 18.9. The van der Waals surface area contributed by atoms with Crippen LogP contribution in [0.1, 0.15) is 11.7 Å². The van der Waals surface area contributed by atoms with Gasteiger partial charge in [0.25, 0.3) is 0 Å². The Morgan fingerprint density at radius 1 is 1.30 bits per heavy atom. The Labute approximate surface area is 117 Å². The third kappa shape index (κ3) is 3.55. The number of nitrogens with one attached hydrogen (secondary N) is 1. The van der Waals surface area contributed by atoms with Crippen molar-refractivity contribution in [1.29, 1.82) is 0 Å². The van der Waals surface area contributed by atoms with E-state index < -0.39 is 0 Å². The third-order valence-electron chi connectivity index (χ3n) is 3.03. The Kier molecular flexibility index (Phi) is 4.25. The zero-order chi connectivity index (χ0) is 13.6. The summed E-state index contributed by atoms with van der Waals surface area (Å²) in [5, 5.41) is 7.18. The maximum Gasteiger partial charge on any atom is 0.229 e. The van der Waals surface area contributed by atoms with Crippen molar-refractivity contribution >= 4 is 0 Å². The lowest BCUT2D eigenvalue weighted by molar-refractivity contribution is 0.0246. The molecule has 6 nitrogen and oxygen atoms in total. The van der Waals surface area contributed by atoms with Crippen molar-refractivity contribution in [3.05, 3.63) is 42.0 Å². The molecule has 0 radical (unpaired) electrons. The monoisotopic (exact) mass is 275 g/mol. The van der Waals surface area contributed by atoms with E-state index in [1.54, 1.807) is 0 Å². The van der Waals surface area contributed by atoms with Gasteiger partial charge < -0.3 is 19.3 Å². The third-order valence-corrected chi connectivity index (χ3v) is 3.03. The summed E-state index contributed by atoms with van der Waals surface area (Å²) in [6.45, 7) is 2.74. The minimum atomic E-state index is 0.104. The number of nitrogens with zero attached hydrogens (tertiary/aromatic N) is 2. The molecule has 1 aliphatic heterocycles. The first-order valence-corrected chi connectivity index (χ1v) is 6.72. The van der Waals surface area contributed by atoms with Crippen LogP contribution in [-0.4, -0.2) is 35.9 Å². The second kappa shape index (κ2) is 6.49. The van der Waals surface area contributed by atoms with E-state index in [-0.39, 0.29) is 6.10 Å². The fourth-order valence-corrected chi connectivity index (χ4v) is 2.04. The van der Waals surface area contributed by atoms with Crippen LogP contribution in [0.5, 0.6) is 5.75 Å². The Morgan fingerprint density at radius 2 is 2.20 bits per heavy atom. The maximum atomic E-state index is 5.60. The fraction of sp³-hybridized carbons (Fsp3) is 0.429. The topological polar surface area (TPSA) is 69.4 Å². The molecule has 20 heavy (non-hydrogen) atoms. The van der Waals surface area contributed by atoms with Crippen LogP contribution in [-0.2, 0) is 17.8 Å². The van der Waals surface area contributed by atoms with Gasteiger partial charge in [0, 0.05) is 13.1 Å². The van der Waals surface area contributed by atoms with Gasteiger partial charge in [0.15, 0.2) is 6.61 Å². The van der Waals surface area contributed by atoms with Crippen molar-refractivity contribution in [2.24, 2.45) is 0 Å². The molecular formula is C14H17N3O3. The molecule has 0 saturated carbocycles. The molecule has 1 unspecified atom stereocenters. The van der Waals surface area contributed by atoms with E-state index in [1.165, 1.54) is 0 Å². The number of aromatic nitrogens is 2. The number of hydrogen-bond donors (Lipinski definition) is 1. The Hall–Kier alpha value is -1.92. The number of ether oxygens (including phenoxy) is 2. The second-order valence-corrected chi connectivity index (χ2v) is 4.61. The highest BCUT2D eigenvalue weighted by atomic mass is 16.5. The van der Waals surface area contributed by atoms with Crippen molar-refractivity contribution in [3.63, 3.8) is 0 Å². The van der Waals surface area contributed by atoms with E-state index in [9.17, 15) is 0 Å². The zero-order valence-corrected chi connectivity index (χ0v) is 11.1. The van der Waals surface area contributed by atoms with Gasteiger partial charge in [-0.25, -0.2) is 0 Å². The van der Waals surface area contributed by atoms with Gasteiger partial charge in [-0.15, -0.1) is 0 Å². The average Bonchev–Trinajstić information content (AvgIpc) is 2.95. The lowest BCUT2D eigenvalue weighted by Crippen LogP contribution is -2.39. The van der Waals surface area contributed by atoms with Gasteiger partial charge in [-0.3, -0.25) is 0 Å². The predicted octanol–water partition coefficient (Wildman–Crippen LogP) is 1.18. The van der Waals surface area contributed by atoms with E-state index in [2.05, 4.69) is 15.5 Å². The summed E-state index contributed by atoms with van der Waals surface area (Å²) >= 11 is 0. The standard InChI is InChI=1S/C14H17N3O3/c1-2-4-11(5-3-1)19-10-13-16-14(20-17-13)8-12-9-15-6-7-18-12/h1-5,12,15H,6-10H2. The summed E-state index contributed by atoms with van der Waals surface area (Å²) in [5.41, 5.74) is 0. The van der Waals surface area contributed by atoms with Crippen LogP contribution in [0.4, 0.5) is 0 Å². The summed E-state index contributed by atoms with van der Waals surface area (Å²) in [5.74, 6) is 1.93. The smallest absolute Gasteiger partial charge is 0.229 e. The number of rotatable bonds is 5. The quantitative estimate of drug-likeness (QED) is 0.883. The lowest BCUT2D eigenvalue weighted by Gasteiger charge is -2.21. The van der Waals surface area contributed by atoms with Gasteiger partial charge in [0.1, 0.15) is 5.75 Å². The highest BCUT2D eigenvalue weighted by Crippen LogP contribution is 2.11. The molecule has 1 N–H and O–H groups in total. The van der Waals surface area contributed by atoms with Crippen LogP contribution in [0.2, 0.25) is 0 Å². The Morgan fingerprint density at radius 3 is 3.00 bits per heavy atom. The molecule has 1 aromatic carbocycles. The first-order valence-electron chi connectivity index (χ1n) is 6.72. The van der Waals surface area contributed by atoms with Crippen LogP contribution in [0.25, 0.3) is 0 Å². The number of hydrogen-bond acceptors (Lipinski definition) is 6. The average molecular weight is 275 g/mol. The van der Waals surface area contributed by atoms with Crippen LogP contribution in [0.3, 0.4) is 0 Å². The van der Waals surface area contributed by atoms with Crippen molar-refractivity contribution in [3.8, 4) is 5.75 Å². The van der Waals surface area contributed by atoms with E-state index in [0.717, 1.165) is 25.4 Å². The molecule has 1 saturated heterocycles. The van der Waals surface area contributed by atoms with Crippen molar-refractivity contribution in [1.82, 2.24) is 15.5 Å². The van der Waals surface area contributed by atoms with E-state index in [4.69, 9.17) is 14.0 Å². The van der Waals surface area contributed by atoms with Crippen molar-refractivity contribution in [2.75, 3.05) is 19.7 Å². The summed E-state index contributed by atoms with van der Waals surface area (Å²) in [6, 6.07) is 9.57. The van der Waals surface area contributed by atoms with Crippen LogP contribution < -0.4 is 10.1 Å². The molecule has 106 valence electrons. The molecule has 0 aliphatic carbocycles. The fourth-order valence-electron chi connectivity index (χ4n) is 2.04. The molecular weight excluding hydrogens is 258 g/mol. The van der Waals surface area contributed by atoms with Gasteiger partial charge in [-0.2, -0.15) is 4.98 Å². The molecule has 1 atom stereocenters. The van der Waals surface area contributed by atoms with Gasteiger partial charge >= 0.3 is 0 Å². The molecule has 1 aromatic heterocycles. The highest BCUT2D eigenvalue weighted by molar-refractivity contribution is 5.20. The summed E-state index contributed by atoms with van der Waals surface area (Å²) in [7, 11) is 0. The predicted molar refractivity (Wildman–Crippen MR) is 71.4 cm³/mol. The van der Waals surface area contributed by atoms with Crippen LogP contribution in [0.15, 0.2) is 34.9 Å². The van der Waals surface area contributed by atoms with E-state index >= 15 is 0 Å². The Bertz CT molecular complexity index is 523. The molecule has 3 rings (SSSR count). The largest absolute Gasteiger partial charge is 0.485 e. The zero-order valence-electron chi connectivity index (χ0n) is 11.1. The molecule has 1 fully saturated rings. The minimum Gasteiger partial charge on any atom is -0.485 e. The number of para-hydroxylation sites is 1. The summed E-state index contributed by atoms with van der Waals surface area (Å²) in [6.07, 6.45) is 0.734. The minimum absolute atomic E-state index is 0.104.